The van der Waals surface area contributed by atoms with E-state index in [1.54, 1.807) is 0 Å². The molecule has 2 N–H and O–H groups in total. The first-order valence-corrected chi connectivity index (χ1v) is 10.1. The third kappa shape index (κ3) is 16.9. The zero-order valence-corrected chi connectivity index (χ0v) is 14.4. The highest BCUT2D eigenvalue weighted by atomic mass is 32.2. The Morgan fingerprint density at radius 2 is 1.04 bits per heavy atom. The van der Waals surface area contributed by atoms with Crippen LogP contribution in [0.3, 0.4) is 0 Å². The summed E-state index contributed by atoms with van der Waals surface area (Å²) in [7, 11) is -8.06. The first-order chi connectivity index (χ1) is 11.0. The fourth-order valence-electron chi connectivity index (χ4n) is 1.35. The maximum absolute atomic E-state index is 11.2. The van der Waals surface area contributed by atoms with Crippen LogP contribution in [-0.2, 0) is 39.3 Å². The maximum atomic E-state index is 11.2. The van der Waals surface area contributed by atoms with Gasteiger partial charge in [-0.15, -0.1) is 0 Å². The van der Waals surface area contributed by atoms with Crippen LogP contribution < -0.4 is 0 Å². The van der Waals surface area contributed by atoms with Crippen molar-refractivity contribution in [1.82, 2.24) is 0 Å². The third-order valence-electron chi connectivity index (χ3n) is 2.44. The van der Waals surface area contributed by atoms with Crippen molar-refractivity contribution in [3.05, 3.63) is 12.2 Å². The second-order valence-corrected chi connectivity index (χ2v) is 7.80. The number of esters is 2. The summed E-state index contributed by atoms with van der Waals surface area (Å²) in [6, 6.07) is 0. The number of rotatable bonds is 12. The Morgan fingerprint density at radius 1 is 0.708 bits per heavy atom. The molecule has 12 heteroatoms. The number of carbonyl (C=O) groups is 2. The lowest BCUT2D eigenvalue weighted by molar-refractivity contribution is -0.140. The largest absolute Gasteiger partial charge is 0.463 e. The topological polar surface area (TPSA) is 161 Å². The van der Waals surface area contributed by atoms with E-state index in [0.717, 1.165) is 12.2 Å². The highest BCUT2D eigenvalue weighted by Gasteiger charge is 2.06. The number of unbranched alkanes of at least 4 members (excludes halogenated alkanes) is 2. The van der Waals surface area contributed by atoms with Crippen LogP contribution in [0, 0.1) is 0 Å². The summed E-state index contributed by atoms with van der Waals surface area (Å²) >= 11 is 0. The van der Waals surface area contributed by atoms with E-state index >= 15 is 0 Å². The quantitative estimate of drug-likeness (QED) is 0.201. The molecule has 0 fully saturated rings. The summed E-state index contributed by atoms with van der Waals surface area (Å²) in [4.78, 5) is 22.4. The van der Waals surface area contributed by atoms with Gasteiger partial charge in [0.15, 0.2) is 0 Å². The second-order valence-electron chi connectivity index (χ2n) is 4.65. The van der Waals surface area contributed by atoms with Gasteiger partial charge in [-0.25, -0.2) is 9.59 Å². The van der Waals surface area contributed by atoms with Gasteiger partial charge in [0.2, 0.25) is 0 Å². The van der Waals surface area contributed by atoms with E-state index in [2.05, 4.69) is 9.47 Å². The third-order valence-corrected chi connectivity index (χ3v) is 4.05. The van der Waals surface area contributed by atoms with Crippen molar-refractivity contribution >= 4 is 32.2 Å². The predicted octanol–water partition coefficient (Wildman–Crippen LogP) is -0.0350. The molecule has 0 aliphatic rings. The summed E-state index contributed by atoms with van der Waals surface area (Å²) in [6.45, 7) is -0.132. The van der Waals surface area contributed by atoms with Crippen molar-refractivity contribution in [2.75, 3.05) is 24.7 Å². The van der Waals surface area contributed by atoms with Crippen LogP contribution in [0.5, 0.6) is 0 Å². The summed E-state index contributed by atoms with van der Waals surface area (Å²) in [6.07, 6.45) is 2.39. The van der Waals surface area contributed by atoms with Crippen molar-refractivity contribution in [2.24, 2.45) is 0 Å². The van der Waals surface area contributed by atoms with Crippen LogP contribution in [0.4, 0.5) is 0 Å². The van der Waals surface area contributed by atoms with Gasteiger partial charge in [0, 0.05) is 12.2 Å². The molecular weight excluding hydrogens is 368 g/mol. The second kappa shape index (κ2) is 11.1. The van der Waals surface area contributed by atoms with E-state index in [1.165, 1.54) is 0 Å². The monoisotopic (exact) mass is 388 g/mol. The van der Waals surface area contributed by atoms with Crippen molar-refractivity contribution in [3.63, 3.8) is 0 Å². The molecule has 0 aromatic rings. The minimum Gasteiger partial charge on any atom is -0.463 e. The van der Waals surface area contributed by atoms with Gasteiger partial charge < -0.3 is 9.47 Å². The summed E-state index contributed by atoms with van der Waals surface area (Å²) in [5, 5.41) is 0. The van der Waals surface area contributed by atoms with Crippen LogP contribution in [-0.4, -0.2) is 62.6 Å². The van der Waals surface area contributed by atoms with Gasteiger partial charge in [-0.05, 0) is 25.7 Å². The molecule has 0 saturated carbocycles. The van der Waals surface area contributed by atoms with Crippen molar-refractivity contribution in [1.29, 1.82) is 0 Å². The summed E-state index contributed by atoms with van der Waals surface area (Å²) in [5.41, 5.74) is 0. The van der Waals surface area contributed by atoms with Gasteiger partial charge in [-0.3, -0.25) is 9.11 Å². The standard InChI is InChI=1S/C12H20O10S2/c13-11(21-7-1-3-9-23(15,16)17)5-6-12(14)22-8-2-4-10-24(18,19)20/h5-6H,1-4,7-10H2,(H,15,16,17)(H,18,19,20)/b6-5+. The van der Waals surface area contributed by atoms with Gasteiger partial charge in [-0.1, -0.05) is 0 Å². The zero-order chi connectivity index (χ0) is 18.6. The Bertz CT molecular complexity index is 577. The molecule has 0 saturated heterocycles. The Balaban J connectivity index is 3.75. The fourth-order valence-corrected chi connectivity index (χ4v) is 2.49. The molecule has 0 amide bonds. The molecule has 0 spiro atoms. The van der Waals surface area contributed by atoms with E-state index < -0.39 is 43.7 Å². The SMILES string of the molecule is O=C(/C=C/C(=O)OCCCCS(=O)(=O)O)OCCCCS(=O)(=O)O. The molecule has 0 aromatic heterocycles. The van der Waals surface area contributed by atoms with Gasteiger partial charge >= 0.3 is 11.9 Å². The average Bonchev–Trinajstić information content (AvgIpc) is 2.42. The number of carbonyl (C=O) groups excluding carboxylic acids is 2. The molecule has 0 bridgehead atoms. The van der Waals surface area contributed by atoms with Gasteiger partial charge in [-0.2, -0.15) is 16.8 Å². The smallest absolute Gasteiger partial charge is 0.331 e. The average molecular weight is 388 g/mol. The lowest BCUT2D eigenvalue weighted by Gasteiger charge is -2.02. The molecule has 0 aliphatic carbocycles. The first kappa shape index (κ1) is 22.5. The van der Waals surface area contributed by atoms with E-state index in [0.29, 0.717) is 0 Å². The zero-order valence-electron chi connectivity index (χ0n) is 12.8. The summed E-state index contributed by atoms with van der Waals surface area (Å²) in [5.74, 6) is -2.48. The van der Waals surface area contributed by atoms with Gasteiger partial charge in [0.05, 0.1) is 24.7 Å². The lowest BCUT2D eigenvalue weighted by atomic mass is 10.3. The van der Waals surface area contributed by atoms with Crippen molar-refractivity contribution in [3.8, 4) is 0 Å². The molecule has 0 radical (unpaired) electrons. The molecule has 0 aliphatic heterocycles. The fraction of sp³-hybridized carbons (Fsp3) is 0.667. The molecule has 0 heterocycles. The molecule has 0 aromatic carbocycles. The van der Waals surface area contributed by atoms with E-state index in [9.17, 15) is 26.4 Å². The Kier molecular flexibility index (Phi) is 10.4. The van der Waals surface area contributed by atoms with E-state index in [1.807, 2.05) is 0 Å². The van der Waals surface area contributed by atoms with Gasteiger partial charge in [0.1, 0.15) is 0 Å². The molecule has 140 valence electrons. The first-order valence-electron chi connectivity index (χ1n) is 6.91. The number of hydrogen-bond donors (Lipinski definition) is 2. The van der Waals surface area contributed by atoms with Crippen LogP contribution in [0.2, 0.25) is 0 Å². The van der Waals surface area contributed by atoms with Crippen molar-refractivity contribution in [2.45, 2.75) is 25.7 Å². The lowest BCUT2D eigenvalue weighted by Crippen LogP contribution is -2.09. The molecule has 24 heavy (non-hydrogen) atoms. The minimum atomic E-state index is -4.03. The Hall–Kier alpha value is -1.50. The van der Waals surface area contributed by atoms with Crippen LogP contribution in [0.1, 0.15) is 25.7 Å². The normalized spacial score (nSPS) is 12.2. The Morgan fingerprint density at radius 3 is 1.33 bits per heavy atom. The Labute approximate surface area is 140 Å². The van der Waals surface area contributed by atoms with Crippen LogP contribution in [0.25, 0.3) is 0 Å². The molecular formula is C12H20O10S2. The molecule has 0 atom stereocenters. The maximum Gasteiger partial charge on any atom is 0.331 e. The van der Waals surface area contributed by atoms with Crippen molar-refractivity contribution < 1.29 is 45.0 Å². The van der Waals surface area contributed by atoms with Crippen LogP contribution in [0.15, 0.2) is 12.2 Å². The minimum absolute atomic E-state index is 0.0661. The number of hydrogen-bond acceptors (Lipinski definition) is 8. The summed E-state index contributed by atoms with van der Waals surface area (Å²) < 4.78 is 68.0. The molecule has 10 nitrogen and oxygen atoms in total. The highest BCUT2D eigenvalue weighted by molar-refractivity contribution is 7.86. The van der Waals surface area contributed by atoms with E-state index in [4.69, 9.17) is 9.11 Å². The molecule has 0 unspecified atom stereocenters. The molecule has 0 rings (SSSR count). The highest BCUT2D eigenvalue weighted by Crippen LogP contribution is 1.97. The predicted molar refractivity (Wildman–Crippen MR) is 82.4 cm³/mol. The van der Waals surface area contributed by atoms with Gasteiger partial charge in [0.25, 0.3) is 20.2 Å². The van der Waals surface area contributed by atoms with Crippen LogP contribution >= 0.6 is 0 Å². The van der Waals surface area contributed by atoms with E-state index in [-0.39, 0.29) is 38.9 Å². The number of ether oxygens (including phenoxy) is 2.